The molecule has 1 rings (SSSR count). The van der Waals surface area contributed by atoms with Gasteiger partial charge in [-0.3, -0.25) is 43.4 Å². The number of ether oxygens (including phenoxy) is 2. The Balaban J connectivity index is 2.92. The van der Waals surface area contributed by atoms with Crippen molar-refractivity contribution in [3.63, 3.8) is 0 Å². The summed E-state index contributed by atoms with van der Waals surface area (Å²) in [4.78, 5) is 60.2. The quantitative estimate of drug-likeness (QED) is 0.125. The summed E-state index contributed by atoms with van der Waals surface area (Å²) in [5, 5.41) is 20.0. The van der Waals surface area contributed by atoms with E-state index in [0.717, 1.165) is 0 Å². The molecule has 210 valence electrons. The van der Waals surface area contributed by atoms with Crippen molar-refractivity contribution >= 4 is 26.5 Å². The van der Waals surface area contributed by atoms with Gasteiger partial charge in [0.2, 0.25) is 0 Å². The Hall–Kier alpha value is -1.68. The van der Waals surface area contributed by atoms with Crippen molar-refractivity contribution in [1.82, 2.24) is 24.5 Å². The van der Waals surface area contributed by atoms with Crippen LogP contribution >= 0.6 is 7.60 Å². The summed E-state index contributed by atoms with van der Waals surface area (Å²) in [6.45, 7) is 6.60. The van der Waals surface area contributed by atoms with Crippen molar-refractivity contribution in [3.8, 4) is 0 Å². The van der Waals surface area contributed by atoms with E-state index in [1.54, 1.807) is 11.8 Å². The van der Waals surface area contributed by atoms with Crippen molar-refractivity contribution in [2.45, 2.75) is 13.0 Å². The lowest BCUT2D eigenvalue weighted by atomic mass is 10.2. The van der Waals surface area contributed by atoms with Crippen molar-refractivity contribution in [3.05, 3.63) is 0 Å². The third kappa shape index (κ3) is 15.4. The molecule has 1 atom stereocenters. The van der Waals surface area contributed by atoms with Crippen LogP contribution in [0, 0.1) is 0 Å². The molecule has 0 aromatic carbocycles. The summed E-state index contributed by atoms with van der Waals surface area (Å²) in [7, 11) is -4.27. The molecule has 0 aliphatic carbocycles. The van der Waals surface area contributed by atoms with Crippen LogP contribution in [0.1, 0.15) is 6.92 Å². The molecular formula is C20H40N5O10P. The van der Waals surface area contributed by atoms with Gasteiger partial charge in [-0.1, -0.05) is 6.92 Å². The van der Waals surface area contributed by atoms with Gasteiger partial charge in [-0.15, -0.1) is 0 Å². The second-order valence-corrected chi connectivity index (χ2v) is 10.2. The lowest BCUT2D eigenvalue weighted by Gasteiger charge is -2.34. The highest BCUT2D eigenvalue weighted by Gasteiger charge is 2.23. The molecule has 1 fully saturated rings. The molecule has 0 amide bonds. The average Bonchev–Trinajstić information content (AvgIpc) is 2.79. The predicted octanol–water partition coefficient (Wildman–Crippen LogP) is -2.63. The number of carboxylic acid groups (broad SMARTS) is 1. The largest absolute Gasteiger partial charge is 0.480 e. The SMILES string of the molecule is CCN(CC(O)CN1CCN(COC=O)CCN(COC=O)CCN(CC(=O)O)CC1)CP(=O)(O)O. The Bertz CT molecular complexity index is 700. The van der Waals surface area contributed by atoms with Crippen LogP contribution < -0.4 is 0 Å². The molecule has 0 saturated carbocycles. The number of β-amino-alcohol motifs (C(OH)–C–C–N with tert-alkyl or cyclic N) is 1. The number of carbonyl (C=O) groups is 3. The fourth-order valence-electron chi connectivity index (χ4n) is 3.84. The maximum Gasteiger partial charge on any atom is 0.339 e. The van der Waals surface area contributed by atoms with Gasteiger partial charge in [0.15, 0.2) is 0 Å². The van der Waals surface area contributed by atoms with Crippen molar-refractivity contribution in [2.75, 3.05) is 98.3 Å². The van der Waals surface area contributed by atoms with Gasteiger partial charge < -0.3 is 29.5 Å². The Morgan fingerprint density at radius 3 is 1.75 bits per heavy atom. The molecule has 1 saturated heterocycles. The molecule has 15 nitrogen and oxygen atoms in total. The average molecular weight is 542 g/mol. The molecule has 1 unspecified atom stereocenters. The van der Waals surface area contributed by atoms with Gasteiger partial charge in [0.1, 0.15) is 19.7 Å². The molecule has 0 bridgehead atoms. The number of nitrogens with zero attached hydrogens (tertiary/aromatic N) is 5. The minimum atomic E-state index is -4.27. The summed E-state index contributed by atoms with van der Waals surface area (Å²) >= 11 is 0. The highest BCUT2D eigenvalue weighted by Crippen LogP contribution is 2.34. The topological polar surface area (TPSA) is 184 Å². The predicted molar refractivity (Wildman–Crippen MR) is 128 cm³/mol. The van der Waals surface area contributed by atoms with Crippen LogP contribution in [0.15, 0.2) is 0 Å². The second kappa shape index (κ2) is 17.7. The number of aliphatic hydroxyl groups excluding tert-OH is 1. The van der Waals surface area contributed by atoms with Crippen LogP contribution in [0.25, 0.3) is 0 Å². The van der Waals surface area contributed by atoms with Crippen LogP contribution in [-0.4, -0.2) is 168 Å². The van der Waals surface area contributed by atoms with E-state index in [4.69, 9.17) is 9.47 Å². The maximum atomic E-state index is 11.4. The van der Waals surface area contributed by atoms with Gasteiger partial charge in [-0.2, -0.15) is 0 Å². The third-order valence-corrected chi connectivity index (χ3v) is 6.48. The van der Waals surface area contributed by atoms with Crippen molar-refractivity contribution in [2.24, 2.45) is 0 Å². The monoisotopic (exact) mass is 541 g/mol. The molecule has 0 radical (unpaired) electrons. The van der Waals surface area contributed by atoms with E-state index < -0.39 is 26.0 Å². The molecule has 1 heterocycles. The summed E-state index contributed by atoms with van der Waals surface area (Å²) in [6.07, 6.45) is -1.35. The Morgan fingerprint density at radius 1 is 0.917 bits per heavy atom. The number of carbonyl (C=O) groups excluding carboxylic acids is 2. The van der Waals surface area contributed by atoms with Crippen LogP contribution in [0.4, 0.5) is 0 Å². The number of likely N-dealkylation sites (N-methyl/N-ethyl adjacent to an activating group) is 1. The number of carboxylic acids is 1. The van der Waals surface area contributed by atoms with Gasteiger partial charge in [0, 0.05) is 65.4 Å². The van der Waals surface area contributed by atoms with E-state index in [1.165, 1.54) is 4.90 Å². The fraction of sp³-hybridized carbons (Fsp3) is 0.850. The van der Waals surface area contributed by atoms with Gasteiger partial charge in [0.25, 0.3) is 12.9 Å². The zero-order valence-corrected chi connectivity index (χ0v) is 21.7. The lowest BCUT2D eigenvalue weighted by Crippen LogP contribution is -2.49. The van der Waals surface area contributed by atoms with Crippen LogP contribution in [-0.2, 0) is 28.4 Å². The zero-order valence-electron chi connectivity index (χ0n) is 20.8. The first kappa shape index (κ1) is 32.3. The number of hydrogen-bond donors (Lipinski definition) is 4. The molecule has 1 aliphatic rings. The number of aliphatic carboxylic acids is 1. The zero-order chi connectivity index (χ0) is 27.0. The first-order valence-corrected chi connectivity index (χ1v) is 13.5. The normalized spacial score (nSPS) is 19.2. The lowest BCUT2D eigenvalue weighted by molar-refractivity contribution is -0.139. The Kier molecular flexibility index (Phi) is 15.9. The molecule has 0 aromatic heterocycles. The molecular weight excluding hydrogens is 501 g/mol. The molecule has 1 aliphatic heterocycles. The smallest absolute Gasteiger partial charge is 0.339 e. The van der Waals surface area contributed by atoms with Crippen LogP contribution in [0.5, 0.6) is 0 Å². The highest BCUT2D eigenvalue weighted by atomic mass is 31.2. The summed E-state index contributed by atoms with van der Waals surface area (Å²) < 4.78 is 21.2. The van der Waals surface area contributed by atoms with Gasteiger partial charge in [0.05, 0.1) is 12.6 Å². The summed E-state index contributed by atoms with van der Waals surface area (Å²) in [5.41, 5.74) is 0. The van der Waals surface area contributed by atoms with E-state index in [0.29, 0.717) is 71.8 Å². The van der Waals surface area contributed by atoms with Crippen molar-refractivity contribution in [1.29, 1.82) is 0 Å². The van der Waals surface area contributed by atoms with Crippen molar-refractivity contribution < 1.29 is 48.4 Å². The highest BCUT2D eigenvalue weighted by molar-refractivity contribution is 7.51. The van der Waals surface area contributed by atoms with E-state index in [-0.39, 0.29) is 33.1 Å². The summed E-state index contributed by atoms with van der Waals surface area (Å²) in [5.74, 6) is -0.974. The van der Waals surface area contributed by atoms with E-state index >= 15 is 0 Å². The van der Waals surface area contributed by atoms with Gasteiger partial charge >= 0.3 is 13.6 Å². The minimum Gasteiger partial charge on any atom is -0.480 e. The van der Waals surface area contributed by atoms with Gasteiger partial charge in [-0.05, 0) is 6.54 Å². The minimum absolute atomic E-state index is 0.0493. The molecule has 0 spiro atoms. The van der Waals surface area contributed by atoms with E-state index in [9.17, 15) is 38.9 Å². The van der Waals surface area contributed by atoms with Gasteiger partial charge in [-0.25, -0.2) is 0 Å². The first-order chi connectivity index (χ1) is 17.1. The third-order valence-electron chi connectivity index (χ3n) is 5.71. The van der Waals surface area contributed by atoms with E-state index in [1.807, 2.05) is 14.7 Å². The molecule has 16 heteroatoms. The van der Waals surface area contributed by atoms with Crippen LogP contribution in [0.2, 0.25) is 0 Å². The standard InChI is InChI=1S/C20H40N5O10P/c1-2-21(16-36(31,32)33)11-19(28)12-22-3-4-23(13-20(29)30)6-8-25(15-35-18-27)10-9-24(7-5-22)14-34-17-26/h17-19,28H,2-16H2,1H3,(H,29,30)(H2,31,32,33). The first-order valence-electron chi connectivity index (χ1n) is 11.7. The van der Waals surface area contributed by atoms with E-state index in [2.05, 4.69) is 0 Å². The van der Waals surface area contributed by atoms with Crippen LogP contribution in [0.3, 0.4) is 0 Å². The second-order valence-electron chi connectivity index (χ2n) is 8.62. The Morgan fingerprint density at radius 2 is 1.36 bits per heavy atom. The molecule has 4 N–H and O–H groups in total. The summed E-state index contributed by atoms with van der Waals surface area (Å²) in [6, 6.07) is 0. The number of hydrogen-bond acceptors (Lipinski definition) is 12. The fourth-order valence-corrected chi connectivity index (χ4v) is 4.68. The Labute approximate surface area is 211 Å². The number of aliphatic hydroxyl groups is 1. The maximum absolute atomic E-state index is 11.4. The molecule has 0 aromatic rings. The number of rotatable bonds is 15. The molecule has 36 heavy (non-hydrogen) atoms.